The van der Waals surface area contributed by atoms with Gasteiger partial charge in [-0.3, -0.25) is 4.79 Å². The second kappa shape index (κ2) is 6.55. The Morgan fingerprint density at radius 1 is 1.30 bits per heavy atom. The summed E-state index contributed by atoms with van der Waals surface area (Å²) in [6, 6.07) is 5.37. The molecule has 20 heavy (non-hydrogen) atoms. The van der Waals surface area contributed by atoms with E-state index in [9.17, 15) is 9.59 Å². The highest BCUT2D eigenvalue weighted by Gasteiger charge is 2.19. The molecule has 0 saturated heterocycles. The Balaban J connectivity index is 1.95. The van der Waals surface area contributed by atoms with E-state index in [0.717, 1.165) is 24.8 Å². The van der Waals surface area contributed by atoms with Gasteiger partial charge in [-0.2, -0.15) is 0 Å². The molecule has 1 atom stereocenters. The summed E-state index contributed by atoms with van der Waals surface area (Å²) in [4.78, 5) is 22.9. The van der Waals surface area contributed by atoms with Gasteiger partial charge in [0.2, 0.25) is 5.91 Å². The Morgan fingerprint density at radius 3 is 2.75 bits per heavy atom. The number of carbonyl (C=O) groups excluding carboxylic acids is 1. The molecule has 1 aromatic rings. The first kappa shape index (κ1) is 14.6. The van der Waals surface area contributed by atoms with Crippen LogP contribution in [0.1, 0.15) is 42.9 Å². The Kier molecular flexibility index (Phi) is 4.77. The van der Waals surface area contributed by atoms with E-state index in [2.05, 4.69) is 17.4 Å². The number of benzene rings is 1. The van der Waals surface area contributed by atoms with Crippen molar-refractivity contribution in [3.63, 3.8) is 0 Å². The molecule has 1 aliphatic carbocycles. The van der Waals surface area contributed by atoms with Crippen LogP contribution in [-0.4, -0.2) is 23.0 Å². The maximum Gasteiger partial charge on any atom is 0.326 e. The Labute approximate surface area is 119 Å². The van der Waals surface area contributed by atoms with Crippen LogP contribution in [0, 0.1) is 0 Å². The van der Waals surface area contributed by atoms with E-state index in [-0.39, 0.29) is 12.3 Å². The number of carbonyl (C=O) groups is 2. The summed E-state index contributed by atoms with van der Waals surface area (Å²) < 4.78 is 0. The number of carboxylic acids is 1. The Morgan fingerprint density at radius 2 is 2.05 bits per heavy atom. The number of fused-ring (bicyclic) bond motifs is 1. The quantitative estimate of drug-likeness (QED) is 0.835. The molecule has 108 valence electrons. The van der Waals surface area contributed by atoms with Crippen LogP contribution in [0.2, 0.25) is 0 Å². The minimum Gasteiger partial charge on any atom is -0.480 e. The van der Waals surface area contributed by atoms with Gasteiger partial charge in [-0.05, 0) is 42.4 Å². The van der Waals surface area contributed by atoms with Crippen molar-refractivity contribution >= 4 is 11.9 Å². The number of rotatable bonds is 6. The molecule has 0 spiro atoms. The monoisotopic (exact) mass is 275 g/mol. The van der Waals surface area contributed by atoms with Crippen molar-refractivity contribution in [3.8, 4) is 0 Å². The van der Waals surface area contributed by atoms with Crippen molar-refractivity contribution in [2.75, 3.05) is 0 Å². The summed E-state index contributed by atoms with van der Waals surface area (Å²) >= 11 is 0. The molecule has 0 heterocycles. The zero-order valence-electron chi connectivity index (χ0n) is 11.8. The fraction of sp³-hybridized carbons (Fsp3) is 0.500. The summed E-state index contributed by atoms with van der Waals surface area (Å²) in [5, 5.41) is 11.6. The molecule has 4 heteroatoms. The van der Waals surface area contributed by atoms with E-state index >= 15 is 0 Å². The van der Waals surface area contributed by atoms with Gasteiger partial charge in [-0.1, -0.05) is 31.5 Å². The third kappa shape index (κ3) is 3.59. The van der Waals surface area contributed by atoms with E-state index in [1.807, 2.05) is 13.0 Å². The van der Waals surface area contributed by atoms with E-state index < -0.39 is 12.0 Å². The smallest absolute Gasteiger partial charge is 0.326 e. The zero-order valence-corrected chi connectivity index (χ0v) is 11.8. The Bertz CT molecular complexity index is 510. The lowest BCUT2D eigenvalue weighted by Gasteiger charge is -2.13. The SMILES string of the molecule is CCC[C@@H](NC(=O)Cc1ccc2c(c1)CCC2)C(=O)O. The van der Waals surface area contributed by atoms with Crippen LogP contribution >= 0.6 is 0 Å². The average molecular weight is 275 g/mol. The normalized spacial score (nSPS) is 14.7. The van der Waals surface area contributed by atoms with E-state index in [4.69, 9.17) is 5.11 Å². The molecule has 1 aliphatic rings. The van der Waals surface area contributed by atoms with Gasteiger partial charge in [-0.25, -0.2) is 4.79 Å². The minimum absolute atomic E-state index is 0.219. The van der Waals surface area contributed by atoms with Crippen molar-refractivity contribution in [1.82, 2.24) is 5.32 Å². The van der Waals surface area contributed by atoms with Crippen molar-refractivity contribution in [2.45, 2.75) is 51.5 Å². The number of hydrogen-bond donors (Lipinski definition) is 2. The topological polar surface area (TPSA) is 66.4 Å². The van der Waals surface area contributed by atoms with Crippen molar-refractivity contribution in [2.24, 2.45) is 0 Å². The molecular weight excluding hydrogens is 254 g/mol. The molecule has 4 nitrogen and oxygen atoms in total. The molecule has 0 radical (unpaired) electrons. The van der Waals surface area contributed by atoms with Gasteiger partial charge in [0.25, 0.3) is 0 Å². The highest BCUT2D eigenvalue weighted by atomic mass is 16.4. The van der Waals surface area contributed by atoms with Crippen LogP contribution in [0.15, 0.2) is 18.2 Å². The molecule has 0 bridgehead atoms. The van der Waals surface area contributed by atoms with Crippen LogP contribution in [0.25, 0.3) is 0 Å². The van der Waals surface area contributed by atoms with Gasteiger partial charge >= 0.3 is 5.97 Å². The van der Waals surface area contributed by atoms with Crippen LogP contribution < -0.4 is 5.32 Å². The summed E-state index contributed by atoms with van der Waals surface area (Å²) in [7, 11) is 0. The van der Waals surface area contributed by atoms with Crippen LogP contribution in [0.3, 0.4) is 0 Å². The molecule has 0 unspecified atom stereocenters. The highest BCUT2D eigenvalue weighted by molar-refractivity contribution is 5.84. The van der Waals surface area contributed by atoms with Gasteiger partial charge in [0, 0.05) is 0 Å². The third-order valence-corrected chi connectivity index (χ3v) is 3.74. The molecule has 0 aliphatic heterocycles. The van der Waals surface area contributed by atoms with Gasteiger partial charge in [-0.15, -0.1) is 0 Å². The molecule has 2 rings (SSSR count). The van der Waals surface area contributed by atoms with Gasteiger partial charge in [0.05, 0.1) is 6.42 Å². The van der Waals surface area contributed by atoms with Gasteiger partial charge < -0.3 is 10.4 Å². The molecular formula is C16H21NO3. The van der Waals surface area contributed by atoms with E-state index in [0.29, 0.717) is 6.42 Å². The first-order valence-corrected chi connectivity index (χ1v) is 7.23. The average Bonchev–Trinajstić information content (AvgIpc) is 2.85. The van der Waals surface area contributed by atoms with Crippen LogP contribution in [0.5, 0.6) is 0 Å². The maximum absolute atomic E-state index is 11.9. The summed E-state index contributed by atoms with van der Waals surface area (Å²) in [6.45, 7) is 1.91. The third-order valence-electron chi connectivity index (χ3n) is 3.74. The lowest BCUT2D eigenvalue weighted by atomic mass is 10.0. The molecule has 1 amide bonds. The number of aryl methyl sites for hydroxylation is 2. The van der Waals surface area contributed by atoms with Crippen molar-refractivity contribution in [1.29, 1.82) is 0 Å². The number of nitrogens with one attached hydrogen (secondary N) is 1. The number of carboxylic acid groups (broad SMARTS) is 1. The fourth-order valence-corrected chi connectivity index (χ4v) is 2.71. The first-order chi connectivity index (χ1) is 9.60. The molecule has 0 fully saturated rings. The predicted octanol–water partition coefficient (Wildman–Crippen LogP) is 2.09. The highest BCUT2D eigenvalue weighted by Crippen LogP contribution is 2.22. The summed E-state index contributed by atoms with van der Waals surface area (Å²) in [6.07, 6.45) is 4.84. The maximum atomic E-state index is 11.9. The minimum atomic E-state index is -0.964. The summed E-state index contributed by atoms with van der Waals surface area (Å²) in [5.74, 6) is -1.18. The Hall–Kier alpha value is -1.84. The van der Waals surface area contributed by atoms with E-state index in [1.165, 1.54) is 17.5 Å². The lowest BCUT2D eigenvalue weighted by molar-refractivity contribution is -0.141. The predicted molar refractivity (Wildman–Crippen MR) is 76.6 cm³/mol. The fourth-order valence-electron chi connectivity index (χ4n) is 2.71. The van der Waals surface area contributed by atoms with E-state index in [1.54, 1.807) is 0 Å². The lowest BCUT2D eigenvalue weighted by Crippen LogP contribution is -2.41. The summed E-state index contributed by atoms with van der Waals surface area (Å²) in [5.41, 5.74) is 3.67. The van der Waals surface area contributed by atoms with Gasteiger partial charge in [0.15, 0.2) is 0 Å². The molecule has 1 aromatic carbocycles. The number of hydrogen-bond acceptors (Lipinski definition) is 2. The van der Waals surface area contributed by atoms with Crippen LogP contribution in [-0.2, 0) is 28.9 Å². The number of aliphatic carboxylic acids is 1. The van der Waals surface area contributed by atoms with Crippen molar-refractivity contribution in [3.05, 3.63) is 34.9 Å². The first-order valence-electron chi connectivity index (χ1n) is 7.23. The zero-order chi connectivity index (χ0) is 14.5. The number of amides is 1. The standard InChI is InChI=1S/C16H21NO3/c1-2-4-14(16(19)20)17-15(18)10-11-7-8-12-5-3-6-13(12)9-11/h7-9,14H,2-6,10H2,1H3,(H,17,18)(H,19,20)/t14-/m1/s1. The molecule has 0 aromatic heterocycles. The van der Waals surface area contributed by atoms with Crippen molar-refractivity contribution < 1.29 is 14.7 Å². The van der Waals surface area contributed by atoms with Crippen LogP contribution in [0.4, 0.5) is 0 Å². The molecule has 0 saturated carbocycles. The second-order valence-electron chi connectivity index (χ2n) is 5.38. The van der Waals surface area contributed by atoms with Gasteiger partial charge in [0.1, 0.15) is 6.04 Å². The second-order valence-corrected chi connectivity index (χ2v) is 5.38. The largest absolute Gasteiger partial charge is 0.480 e. The molecule has 2 N–H and O–H groups in total.